The summed E-state index contributed by atoms with van der Waals surface area (Å²) in [5, 5.41) is 2.75. The molecular formula is C17H21N5O2. The predicted octanol–water partition coefficient (Wildman–Crippen LogP) is 1.58. The first kappa shape index (κ1) is 17.4. The number of aryl methyl sites for hydroxylation is 1. The van der Waals surface area contributed by atoms with Gasteiger partial charge in [0.2, 0.25) is 11.9 Å². The molecular weight excluding hydrogens is 306 g/mol. The number of hydrogen-bond donors (Lipinski definition) is 1. The maximum Gasteiger partial charge on any atom is 0.321 e. The molecule has 0 unspecified atom stereocenters. The lowest BCUT2D eigenvalue weighted by molar-refractivity contribution is -0.116. The van der Waals surface area contributed by atoms with Gasteiger partial charge in [-0.2, -0.15) is 15.0 Å². The number of methoxy groups -OCH3 is 1. The molecule has 1 aromatic carbocycles. The lowest BCUT2D eigenvalue weighted by Crippen LogP contribution is -2.23. The van der Waals surface area contributed by atoms with Gasteiger partial charge in [0.05, 0.1) is 13.7 Å². The summed E-state index contributed by atoms with van der Waals surface area (Å²) < 4.78 is 5.06. The predicted molar refractivity (Wildman–Crippen MR) is 92.8 cm³/mol. The van der Waals surface area contributed by atoms with Gasteiger partial charge in [-0.15, -0.1) is 0 Å². The summed E-state index contributed by atoms with van der Waals surface area (Å²) in [7, 11) is 5.13. The molecule has 1 heterocycles. The van der Waals surface area contributed by atoms with Crippen LogP contribution in [0.4, 0.5) is 5.95 Å². The van der Waals surface area contributed by atoms with Gasteiger partial charge in [-0.05, 0) is 24.1 Å². The second-order valence-electron chi connectivity index (χ2n) is 5.34. The largest absolute Gasteiger partial charge is 0.467 e. The monoisotopic (exact) mass is 327 g/mol. The van der Waals surface area contributed by atoms with Gasteiger partial charge in [0.25, 0.3) is 0 Å². The van der Waals surface area contributed by atoms with Gasteiger partial charge in [-0.3, -0.25) is 4.79 Å². The van der Waals surface area contributed by atoms with Crippen LogP contribution in [0, 0.1) is 6.92 Å². The maximum atomic E-state index is 12.0. The first-order valence-corrected chi connectivity index (χ1v) is 7.47. The molecule has 2 aromatic rings. The summed E-state index contributed by atoms with van der Waals surface area (Å²) in [6, 6.07) is 8.07. The zero-order valence-corrected chi connectivity index (χ0v) is 14.3. The Kier molecular flexibility index (Phi) is 5.83. The Labute approximate surface area is 141 Å². The van der Waals surface area contributed by atoms with Crippen LogP contribution in [-0.2, 0) is 11.3 Å². The lowest BCUT2D eigenvalue weighted by Gasteiger charge is -2.12. The van der Waals surface area contributed by atoms with Crippen molar-refractivity contribution in [2.24, 2.45) is 0 Å². The van der Waals surface area contributed by atoms with E-state index in [1.54, 1.807) is 11.0 Å². The quantitative estimate of drug-likeness (QED) is 0.812. The highest BCUT2D eigenvalue weighted by Crippen LogP contribution is 2.10. The third-order valence-corrected chi connectivity index (χ3v) is 3.26. The highest BCUT2D eigenvalue weighted by Gasteiger charge is 2.09. The number of amides is 1. The lowest BCUT2D eigenvalue weighted by atomic mass is 10.1. The van der Waals surface area contributed by atoms with E-state index >= 15 is 0 Å². The molecule has 0 atom stereocenters. The summed E-state index contributed by atoms with van der Waals surface area (Å²) in [5.74, 6) is 0.689. The first-order chi connectivity index (χ1) is 11.5. The van der Waals surface area contributed by atoms with E-state index in [0.717, 1.165) is 11.1 Å². The zero-order chi connectivity index (χ0) is 17.5. The number of rotatable bonds is 6. The molecule has 1 aromatic heterocycles. The van der Waals surface area contributed by atoms with Crippen LogP contribution < -0.4 is 15.0 Å². The van der Waals surface area contributed by atoms with Gasteiger partial charge >= 0.3 is 6.01 Å². The standard InChI is InChI=1S/C17H21N5O2/c1-12-7-5-6-8-13(12)9-10-15(23)18-11-14-19-16(22(2)3)21-17(20-14)24-4/h5-10H,11H2,1-4H3,(H,18,23). The zero-order valence-electron chi connectivity index (χ0n) is 14.3. The van der Waals surface area contributed by atoms with Crippen LogP contribution in [0.25, 0.3) is 6.08 Å². The first-order valence-electron chi connectivity index (χ1n) is 7.47. The average molecular weight is 327 g/mol. The number of ether oxygens (including phenoxy) is 1. The van der Waals surface area contributed by atoms with E-state index < -0.39 is 0 Å². The Morgan fingerprint density at radius 2 is 2.00 bits per heavy atom. The number of carbonyl (C=O) groups is 1. The average Bonchev–Trinajstić information content (AvgIpc) is 2.58. The van der Waals surface area contributed by atoms with Crippen molar-refractivity contribution in [1.82, 2.24) is 20.3 Å². The topological polar surface area (TPSA) is 80.2 Å². The SMILES string of the molecule is COc1nc(CNC(=O)C=Cc2ccccc2C)nc(N(C)C)n1. The van der Waals surface area contributed by atoms with Crippen molar-refractivity contribution in [3.63, 3.8) is 0 Å². The number of hydrogen-bond acceptors (Lipinski definition) is 6. The van der Waals surface area contributed by atoms with Crippen LogP contribution >= 0.6 is 0 Å². The fraction of sp³-hybridized carbons (Fsp3) is 0.294. The van der Waals surface area contributed by atoms with E-state index in [1.807, 2.05) is 45.3 Å². The van der Waals surface area contributed by atoms with E-state index in [4.69, 9.17) is 4.74 Å². The Morgan fingerprint density at radius 3 is 2.67 bits per heavy atom. The third kappa shape index (κ3) is 4.77. The molecule has 1 N–H and O–H groups in total. The van der Waals surface area contributed by atoms with Gasteiger partial charge in [0, 0.05) is 20.2 Å². The number of carbonyl (C=O) groups excluding carboxylic acids is 1. The van der Waals surface area contributed by atoms with Gasteiger partial charge < -0.3 is 15.0 Å². The van der Waals surface area contributed by atoms with Gasteiger partial charge in [0.15, 0.2) is 5.82 Å². The minimum atomic E-state index is -0.218. The summed E-state index contributed by atoms with van der Waals surface area (Å²) in [5.41, 5.74) is 2.11. The van der Waals surface area contributed by atoms with E-state index in [1.165, 1.54) is 13.2 Å². The third-order valence-electron chi connectivity index (χ3n) is 3.26. The van der Waals surface area contributed by atoms with Crippen LogP contribution in [0.15, 0.2) is 30.3 Å². The van der Waals surface area contributed by atoms with Crippen molar-refractivity contribution in [2.45, 2.75) is 13.5 Å². The maximum absolute atomic E-state index is 12.0. The van der Waals surface area contributed by atoms with Gasteiger partial charge in [-0.1, -0.05) is 24.3 Å². The molecule has 126 valence electrons. The number of nitrogens with zero attached hydrogens (tertiary/aromatic N) is 4. The summed E-state index contributed by atoms with van der Waals surface area (Å²) >= 11 is 0. The van der Waals surface area contributed by atoms with Crippen molar-refractivity contribution in [3.8, 4) is 6.01 Å². The van der Waals surface area contributed by atoms with Crippen molar-refractivity contribution in [1.29, 1.82) is 0 Å². The minimum absolute atomic E-state index is 0.191. The number of anilines is 1. The Hall–Kier alpha value is -2.96. The van der Waals surface area contributed by atoms with E-state index in [-0.39, 0.29) is 18.5 Å². The second-order valence-corrected chi connectivity index (χ2v) is 5.34. The fourth-order valence-corrected chi connectivity index (χ4v) is 1.92. The molecule has 0 bridgehead atoms. The molecule has 0 aliphatic rings. The molecule has 24 heavy (non-hydrogen) atoms. The molecule has 0 aliphatic carbocycles. The second kappa shape index (κ2) is 8.05. The summed E-state index contributed by atoms with van der Waals surface area (Å²) in [4.78, 5) is 26.2. The van der Waals surface area contributed by atoms with Crippen molar-refractivity contribution >= 4 is 17.9 Å². The smallest absolute Gasteiger partial charge is 0.321 e. The van der Waals surface area contributed by atoms with Crippen molar-refractivity contribution in [2.75, 3.05) is 26.1 Å². The van der Waals surface area contributed by atoms with Gasteiger partial charge in [-0.25, -0.2) is 0 Å². The van der Waals surface area contributed by atoms with Crippen molar-refractivity contribution in [3.05, 3.63) is 47.3 Å². The highest BCUT2D eigenvalue weighted by molar-refractivity contribution is 5.91. The molecule has 2 rings (SSSR count). The number of benzene rings is 1. The number of aromatic nitrogens is 3. The molecule has 0 radical (unpaired) electrons. The van der Waals surface area contributed by atoms with Gasteiger partial charge in [0.1, 0.15) is 0 Å². The summed E-state index contributed by atoms with van der Waals surface area (Å²) in [6.45, 7) is 2.19. The molecule has 0 spiro atoms. The fourth-order valence-electron chi connectivity index (χ4n) is 1.92. The van der Waals surface area contributed by atoms with E-state index in [2.05, 4.69) is 20.3 Å². The molecule has 1 amide bonds. The highest BCUT2D eigenvalue weighted by atomic mass is 16.5. The van der Waals surface area contributed by atoms with Crippen LogP contribution in [0.3, 0.4) is 0 Å². The van der Waals surface area contributed by atoms with Crippen molar-refractivity contribution < 1.29 is 9.53 Å². The normalized spacial score (nSPS) is 10.7. The molecule has 0 aliphatic heterocycles. The minimum Gasteiger partial charge on any atom is -0.467 e. The van der Waals surface area contributed by atoms with Crippen LogP contribution in [0.5, 0.6) is 6.01 Å². The Balaban J connectivity index is 2.01. The molecule has 7 heteroatoms. The van der Waals surface area contributed by atoms with Crippen LogP contribution in [-0.4, -0.2) is 42.1 Å². The van der Waals surface area contributed by atoms with Crippen LogP contribution in [0.1, 0.15) is 17.0 Å². The molecule has 0 saturated carbocycles. The molecule has 7 nitrogen and oxygen atoms in total. The molecule has 0 saturated heterocycles. The van der Waals surface area contributed by atoms with E-state index in [9.17, 15) is 4.79 Å². The molecule has 0 fully saturated rings. The van der Waals surface area contributed by atoms with Crippen LogP contribution in [0.2, 0.25) is 0 Å². The Bertz CT molecular complexity index is 744. The van der Waals surface area contributed by atoms with E-state index in [0.29, 0.717) is 11.8 Å². The number of nitrogens with one attached hydrogen (secondary N) is 1. The summed E-state index contributed by atoms with van der Waals surface area (Å²) in [6.07, 6.45) is 3.28. The Morgan fingerprint density at radius 1 is 1.25 bits per heavy atom.